The van der Waals surface area contributed by atoms with Crippen molar-refractivity contribution in [3.63, 3.8) is 0 Å². The van der Waals surface area contributed by atoms with Gasteiger partial charge in [-0.3, -0.25) is 14.9 Å². The average Bonchev–Trinajstić information content (AvgIpc) is 3.25. The van der Waals surface area contributed by atoms with E-state index in [0.29, 0.717) is 30.5 Å². The lowest BCUT2D eigenvalue weighted by molar-refractivity contribution is -0.137. The number of carbonyl (C=O) groups excluding carboxylic acids is 2. The largest absolute Gasteiger partial charge is 0.416 e. The molecule has 2 N–H and O–H groups in total. The van der Waals surface area contributed by atoms with Crippen molar-refractivity contribution in [1.29, 1.82) is 0 Å². The molecule has 0 bridgehead atoms. The molecule has 2 aromatic carbocycles. The highest BCUT2D eigenvalue weighted by Gasteiger charge is 2.46. The molecule has 1 atom stereocenters. The number of aryl methyl sites for hydroxylation is 1. The van der Waals surface area contributed by atoms with Gasteiger partial charge >= 0.3 is 6.18 Å². The Kier molecular flexibility index (Phi) is 6.35. The Labute approximate surface area is 200 Å². The zero-order valence-electron chi connectivity index (χ0n) is 19.7. The summed E-state index contributed by atoms with van der Waals surface area (Å²) in [6, 6.07) is 9.85. The molecule has 10 heteroatoms. The van der Waals surface area contributed by atoms with Crippen molar-refractivity contribution >= 4 is 28.8 Å². The number of benzene rings is 2. The van der Waals surface area contributed by atoms with Gasteiger partial charge in [0.05, 0.1) is 22.0 Å². The second kappa shape index (κ2) is 8.99. The highest BCUT2D eigenvalue weighted by atomic mass is 19.4. The summed E-state index contributed by atoms with van der Waals surface area (Å²) < 4.78 is 40.9. The molecule has 7 nitrogen and oxygen atoms in total. The molecule has 1 saturated heterocycles. The van der Waals surface area contributed by atoms with E-state index in [0.717, 1.165) is 17.7 Å². The summed E-state index contributed by atoms with van der Waals surface area (Å²) in [6.45, 7) is 4.66. The first kappa shape index (κ1) is 24.7. The van der Waals surface area contributed by atoms with Gasteiger partial charge in [0.25, 0.3) is 5.91 Å². The molecule has 1 aliphatic heterocycles. The summed E-state index contributed by atoms with van der Waals surface area (Å²) in [7, 11) is 1.77. The SMILES string of the molecule is CN1C[C@@H](c2ccc3c(c2)nc(NC(=O)c2cccc(C(F)(F)F)c2)n3CCCO)C(C)(C)C1=O. The summed E-state index contributed by atoms with van der Waals surface area (Å²) in [6.07, 6.45) is -4.17. The Morgan fingerprint density at radius 2 is 1.97 bits per heavy atom. The molecule has 2 amide bonds. The highest BCUT2D eigenvalue weighted by Crippen LogP contribution is 2.43. The van der Waals surface area contributed by atoms with E-state index in [1.165, 1.54) is 12.1 Å². The van der Waals surface area contributed by atoms with E-state index in [4.69, 9.17) is 0 Å². The van der Waals surface area contributed by atoms with Crippen LogP contribution >= 0.6 is 0 Å². The van der Waals surface area contributed by atoms with Crippen LogP contribution in [0.2, 0.25) is 0 Å². The fourth-order valence-corrected chi connectivity index (χ4v) is 4.67. The van der Waals surface area contributed by atoms with Crippen molar-refractivity contribution in [2.75, 3.05) is 25.5 Å². The van der Waals surface area contributed by atoms with E-state index in [1.54, 1.807) is 16.5 Å². The molecule has 3 aromatic rings. The van der Waals surface area contributed by atoms with Crippen LogP contribution in [0.5, 0.6) is 0 Å². The highest BCUT2D eigenvalue weighted by molar-refractivity contribution is 6.04. The normalized spacial score (nSPS) is 17.9. The Hall–Kier alpha value is -3.40. The van der Waals surface area contributed by atoms with Crippen molar-refractivity contribution in [2.45, 2.75) is 38.9 Å². The molecule has 1 aromatic heterocycles. The maximum absolute atomic E-state index is 13.1. The Morgan fingerprint density at radius 1 is 1.23 bits per heavy atom. The number of aliphatic hydroxyl groups is 1. The predicted molar refractivity (Wildman–Crippen MR) is 125 cm³/mol. The number of likely N-dealkylation sites (tertiary alicyclic amines) is 1. The van der Waals surface area contributed by atoms with Crippen LogP contribution in [0.1, 0.15) is 47.7 Å². The van der Waals surface area contributed by atoms with Crippen LogP contribution in [-0.2, 0) is 17.5 Å². The van der Waals surface area contributed by atoms with Gasteiger partial charge in [-0.1, -0.05) is 26.0 Å². The third-order valence-corrected chi connectivity index (χ3v) is 6.62. The minimum absolute atomic E-state index is 0.0462. The van der Waals surface area contributed by atoms with Gasteiger partial charge in [-0.2, -0.15) is 13.2 Å². The molecule has 0 unspecified atom stereocenters. The van der Waals surface area contributed by atoms with Gasteiger partial charge in [-0.25, -0.2) is 4.98 Å². The first-order valence-electron chi connectivity index (χ1n) is 11.3. The minimum atomic E-state index is -4.57. The zero-order chi connectivity index (χ0) is 25.5. The molecule has 186 valence electrons. The number of imidazole rings is 1. The molecule has 0 spiro atoms. The lowest BCUT2D eigenvalue weighted by Crippen LogP contribution is -2.28. The molecule has 4 rings (SSSR count). The van der Waals surface area contributed by atoms with E-state index >= 15 is 0 Å². The lowest BCUT2D eigenvalue weighted by Gasteiger charge is -2.23. The number of rotatable bonds is 6. The van der Waals surface area contributed by atoms with E-state index in [9.17, 15) is 27.9 Å². The van der Waals surface area contributed by atoms with Gasteiger partial charge in [0.1, 0.15) is 0 Å². The number of amides is 2. The molecule has 1 aliphatic rings. The van der Waals surface area contributed by atoms with Gasteiger partial charge in [0.2, 0.25) is 11.9 Å². The van der Waals surface area contributed by atoms with Gasteiger partial charge in [0.15, 0.2) is 0 Å². The summed E-state index contributed by atoms with van der Waals surface area (Å²) in [5.74, 6) is -0.534. The number of halogens is 3. The van der Waals surface area contributed by atoms with E-state index in [1.807, 2.05) is 32.0 Å². The number of nitrogens with one attached hydrogen (secondary N) is 1. The Bertz CT molecular complexity index is 1280. The summed E-state index contributed by atoms with van der Waals surface area (Å²) in [5.41, 5.74) is 0.581. The van der Waals surface area contributed by atoms with Crippen molar-refractivity contribution in [2.24, 2.45) is 5.41 Å². The quantitative estimate of drug-likeness (QED) is 0.543. The molecule has 2 heterocycles. The molecule has 0 radical (unpaired) electrons. The fraction of sp³-hybridized carbons (Fsp3) is 0.400. The standard InChI is InChI=1S/C25H27F3N4O3/c1-24(2)18(14-31(3)22(24)35)15-8-9-20-19(13-15)29-23(32(20)10-5-11-33)30-21(34)16-6-4-7-17(12-16)25(26,27)28/h4,6-9,12-13,18,33H,5,10-11,14H2,1-3H3,(H,29,30,34)/t18-/m0/s1. The molecule has 35 heavy (non-hydrogen) atoms. The second-order valence-corrected chi connectivity index (χ2v) is 9.40. The number of alkyl halides is 3. The molecule has 1 fully saturated rings. The second-order valence-electron chi connectivity index (χ2n) is 9.40. The van der Waals surface area contributed by atoms with Gasteiger partial charge < -0.3 is 14.6 Å². The fourth-order valence-electron chi connectivity index (χ4n) is 4.67. The minimum Gasteiger partial charge on any atom is -0.396 e. The van der Waals surface area contributed by atoms with Crippen LogP contribution in [0.15, 0.2) is 42.5 Å². The van der Waals surface area contributed by atoms with Crippen molar-refractivity contribution in [3.8, 4) is 0 Å². The number of hydrogen-bond donors (Lipinski definition) is 2. The van der Waals surface area contributed by atoms with Crippen LogP contribution in [-0.4, -0.2) is 51.6 Å². The molecular weight excluding hydrogens is 461 g/mol. The number of fused-ring (bicyclic) bond motifs is 1. The van der Waals surface area contributed by atoms with Gasteiger partial charge in [-0.15, -0.1) is 0 Å². The van der Waals surface area contributed by atoms with Crippen molar-refractivity contribution in [1.82, 2.24) is 14.5 Å². The number of nitrogens with zero attached hydrogens (tertiary/aromatic N) is 3. The number of carbonyl (C=O) groups is 2. The molecule has 0 aliphatic carbocycles. The average molecular weight is 489 g/mol. The maximum atomic E-state index is 13.1. The summed E-state index contributed by atoms with van der Waals surface area (Å²) in [5, 5.41) is 12.0. The van der Waals surface area contributed by atoms with Crippen LogP contribution < -0.4 is 5.32 Å². The molecule has 0 saturated carbocycles. The van der Waals surface area contributed by atoms with Crippen LogP contribution in [0, 0.1) is 5.41 Å². The van der Waals surface area contributed by atoms with Crippen molar-refractivity contribution in [3.05, 3.63) is 59.2 Å². The monoisotopic (exact) mass is 488 g/mol. The van der Waals surface area contributed by atoms with E-state index in [2.05, 4.69) is 10.3 Å². The third-order valence-electron chi connectivity index (χ3n) is 6.62. The number of likely N-dealkylation sites (N-methyl/N-ethyl adjacent to an activating group) is 1. The Balaban J connectivity index is 1.70. The van der Waals surface area contributed by atoms with Crippen LogP contribution in [0.25, 0.3) is 11.0 Å². The molecular formula is C25H27F3N4O3. The summed E-state index contributed by atoms with van der Waals surface area (Å²) in [4.78, 5) is 31.6. The first-order valence-corrected chi connectivity index (χ1v) is 11.3. The first-order chi connectivity index (χ1) is 16.4. The smallest absolute Gasteiger partial charge is 0.396 e. The van der Waals surface area contributed by atoms with E-state index in [-0.39, 0.29) is 29.9 Å². The lowest BCUT2D eigenvalue weighted by atomic mass is 9.77. The third kappa shape index (κ3) is 4.62. The van der Waals surface area contributed by atoms with Crippen LogP contribution in [0.3, 0.4) is 0 Å². The number of hydrogen-bond acceptors (Lipinski definition) is 4. The van der Waals surface area contributed by atoms with E-state index < -0.39 is 23.1 Å². The summed E-state index contributed by atoms with van der Waals surface area (Å²) >= 11 is 0. The number of aliphatic hydroxyl groups excluding tert-OH is 1. The topological polar surface area (TPSA) is 87.5 Å². The number of aromatic nitrogens is 2. The Morgan fingerprint density at radius 3 is 2.60 bits per heavy atom. The maximum Gasteiger partial charge on any atom is 0.416 e. The van der Waals surface area contributed by atoms with Gasteiger partial charge in [0, 0.05) is 38.2 Å². The number of anilines is 1. The zero-order valence-corrected chi connectivity index (χ0v) is 19.7. The van der Waals surface area contributed by atoms with Crippen molar-refractivity contribution < 1.29 is 27.9 Å². The van der Waals surface area contributed by atoms with Crippen LogP contribution in [0.4, 0.5) is 19.1 Å². The predicted octanol–water partition coefficient (Wildman–Crippen LogP) is 4.27. The van der Waals surface area contributed by atoms with Gasteiger partial charge in [-0.05, 0) is 42.3 Å².